The molecule has 94 valence electrons. The number of fused-ring (bicyclic) bond motifs is 2. The van der Waals surface area contributed by atoms with Gasteiger partial charge in [-0.25, -0.2) is 13.1 Å². The van der Waals surface area contributed by atoms with Crippen LogP contribution in [0.5, 0.6) is 0 Å². The van der Waals surface area contributed by atoms with Crippen molar-refractivity contribution in [2.45, 2.75) is 41.7 Å². The lowest BCUT2D eigenvalue weighted by Crippen LogP contribution is -2.41. The van der Waals surface area contributed by atoms with Gasteiger partial charge in [0.25, 0.3) is 0 Å². The molecule has 2 aliphatic rings. The van der Waals surface area contributed by atoms with Crippen LogP contribution in [0.4, 0.5) is 5.69 Å². The molecule has 2 fully saturated rings. The van der Waals surface area contributed by atoms with Gasteiger partial charge in [0.1, 0.15) is 4.21 Å². The molecule has 0 spiro atoms. The summed E-state index contributed by atoms with van der Waals surface area (Å²) in [5.74, 6) is 0. The van der Waals surface area contributed by atoms with Gasteiger partial charge in [0.05, 0.1) is 18.2 Å². The summed E-state index contributed by atoms with van der Waals surface area (Å²) >= 11 is 1.14. The number of anilines is 1. The molecule has 1 aromatic rings. The summed E-state index contributed by atoms with van der Waals surface area (Å²) in [4.78, 5) is 0. The Morgan fingerprint density at radius 3 is 2.82 bits per heavy atom. The van der Waals surface area contributed by atoms with Crippen molar-refractivity contribution in [2.75, 3.05) is 5.73 Å². The second kappa shape index (κ2) is 3.94. The average Bonchev–Trinajstić information content (AvgIpc) is 2.92. The zero-order valence-corrected chi connectivity index (χ0v) is 10.8. The molecule has 2 bridgehead atoms. The van der Waals surface area contributed by atoms with Gasteiger partial charge in [-0.15, -0.1) is 11.3 Å². The smallest absolute Gasteiger partial charge is 0.250 e. The number of rotatable bonds is 3. The van der Waals surface area contributed by atoms with Gasteiger partial charge < -0.3 is 10.5 Å². The Bertz CT molecular complexity index is 525. The van der Waals surface area contributed by atoms with Gasteiger partial charge in [0.15, 0.2) is 0 Å². The maximum absolute atomic E-state index is 12.1. The van der Waals surface area contributed by atoms with Crippen molar-refractivity contribution in [1.82, 2.24) is 4.72 Å². The Morgan fingerprint density at radius 2 is 2.29 bits per heavy atom. The topological polar surface area (TPSA) is 81.4 Å². The Kier molecular flexibility index (Phi) is 2.66. The van der Waals surface area contributed by atoms with Crippen molar-refractivity contribution in [3.05, 3.63) is 11.4 Å². The summed E-state index contributed by atoms with van der Waals surface area (Å²) in [6.45, 7) is 0. The van der Waals surface area contributed by atoms with E-state index in [2.05, 4.69) is 4.72 Å². The predicted molar refractivity (Wildman–Crippen MR) is 65.4 cm³/mol. The van der Waals surface area contributed by atoms with Gasteiger partial charge >= 0.3 is 0 Å². The van der Waals surface area contributed by atoms with Crippen molar-refractivity contribution in [2.24, 2.45) is 0 Å². The molecule has 1 aromatic heterocycles. The van der Waals surface area contributed by atoms with E-state index in [9.17, 15) is 8.42 Å². The molecule has 0 saturated carbocycles. The molecule has 0 amide bonds. The summed E-state index contributed by atoms with van der Waals surface area (Å²) in [7, 11) is -3.44. The van der Waals surface area contributed by atoms with E-state index in [1.165, 1.54) is 6.07 Å². The van der Waals surface area contributed by atoms with Crippen LogP contribution in [0.15, 0.2) is 15.7 Å². The number of hydrogen-bond acceptors (Lipinski definition) is 5. The summed E-state index contributed by atoms with van der Waals surface area (Å²) < 4.78 is 32.7. The van der Waals surface area contributed by atoms with Crippen LogP contribution < -0.4 is 10.5 Å². The molecule has 3 unspecified atom stereocenters. The third kappa shape index (κ3) is 2.08. The number of hydrogen-bond donors (Lipinski definition) is 2. The minimum absolute atomic E-state index is 0.0482. The van der Waals surface area contributed by atoms with Crippen LogP contribution in [0.2, 0.25) is 0 Å². The van der Waals surface area contributed by atoms with Crippen LogP contribution in [0, 0.1) is 0 Å². The minimum atomic E-state index is -3.44. The molecule has 3 N–H and O–H groups in total. The monoisotopic (exact) mass is 274 g/mol. The second-order valence-corrected chi connectivity index (χ2v) is 7.39. The Hall–Kier alpha value is -0.630. The summed E-state index contributed by atoms with van der Waals surface area (Å²) in [6.07, 6.45) is 3.07. The molecule has 3 rings (SSSR count). The van der Waals surface area contributed by atoms with E-state index in [0.717, 1.165) is 30.6 Å². The van der Waals surface area contributed by atoms with Gasteiger partial charge in [0, 0.05) is 11.1 Å². The Morgan fingerprint density at radius 1 is 1.47 bits per heavy atom. The Labute approximate surface area is 104 Å². The molecule has 0 aliphatic carbocycles. The maximum atomic E-state index is 12.1. The number of thiophene rings is 1. The van der Waals surface area contributed by atoms with Gasteiger partial charge in [0.2, 0.25) is 10.0 Å². The highest BCUT2D eigenvalue weighted by atomic mass is 32.2. The lowest BCUT2D eigenvalue weighted by Gasteiger charge is -2.19. The number of nitrogens with two attached hydrogens (primary N) is 1. The highest BCUT2D eigenvalue weighted by molar-refractivity contribution is 7.91. The van der Waals surface area contributed by atoms with Crippen molar-refractivity contribution in [1.29, 1.82) is 0 Å². The van der Waals surface area contributed by atoms with Crippen molar-refractivity contribution >= 4 is 27.0 Å². The SMILES string of the molecule is Nc1csc(S(=O)(=O)NC2CC3CCC2O3)c1. The number of sulfonamides is 1. The van der Waals surface area contributed by atoms with Crippen LogP contribution in [0.1, 0.15) is 19.3 Å². The summed E-state index contributed by atoms with van der Waals surface area (Å²) in [5, 5.41) is 1.63. The van der Waals surface area contributed by atoms with E-state index in [1.54, 1.807) is 5.38 Å². The standard InChI is InChI=1S/C10H14N2O3S2/c11-6-3-10(16-5-6)17(13,14)12-8-4-7-1-2-9(8)15-7/h3,5,7-9,12H,1-2,4,11H2. The Balaban J connectivity index is 1.76. The second-order valence-electron chi connectivity index (χ2n) is 4.54. The third-order valence-electron chi connectivity index (χ3n) is 3.27. The first-order valence-electron chi connectivity index (χ1n) is 5.56. The van der Waals surface area contributed by atoms with Gasteiger partial charge in [-0.1, -0.05) is 0 Å². The molecule has 3 atom stereocenters. The predicted octanol–water partition coefficient (Wildman–Crippen LogP) is 0.929. The van der Waals surface area contributed by atoms with Crippen molar-refractivity contribution in [3.63, 3.8) is 0 Å². The van der Waals surface area contributed by atoms with Gasteiger partial charge in [-0.05, 0) is 25.3 Å². The fourth-order valence-corrected chi connectivity index (χ4v) is 4.86. The molecule has 17 heavy (non-hydrogen) atoms. The normalized spacial score (nSPS) is 32.1. The van der Waals surface area contributed by atoms with Crippen LogP contribution in [0.3, 0.4) is 0 Å². The van der Waals surface area contributed by atoms with Crippen LogP contribution in [-0.2, 0) is 14.8 Å². The quantitative estimate of drug-likeness (QED) is 0.859. The fourth-order valence-electron chi connectivity index (χ4n) is 2.49. The van der Waals surface area contributed by atoms with E-state index in [-0.39, 0.29) is 22.5 Å². The highest BCUT2D eigenvalue weighted by Crippen LogP contribution is 2.35. The largest absolute Gasteiger partial charge is 0.398 e. The zero-order valence-electron chi connectivity index (χ0n) is 9.13. The minimum Gasteiger partial charge on any atom is -0.398 e. The maximum Gasteiger partial charge on any atom is 0.250 e. The lowest BCUT2D eigenvalue weighted by molar-refractivity contribution is 0.0996. The number of nitrogens with one attached hydrogen (secondary N) is 1. The highest BCUT2D eigenvalue weighted by Gasteiger charge is 2.42. The van der Waals surface area contributed by atoms with E-state index >= 15 is 0 Å². The molecule has 5 nitrogen and oxygen atoms in total. The number of ether oxygens (including phenoxy) is 1. The molecular weight excluding hydrogens is 260 g/mol. The molecule has 3 heterocycles. The van der Waals surface area contributed by atoms with Crippen molar-refractivity contribution in [3.8, 4) is 0 Å². The van der Waals surface area contributed by atoms with E-state index in [0.29, 0.717) is 5.69 Å². The third-order valence-corrected chi connectivity index (χ3v) is 6.22. The van der Waals surface area contributed by atoms with Gasteiger partial charge in [-0.2, -0.15) is 0 Å². The van der Waals surface area contributed by atoms with Crippen LogP contribution in [-0.4, -0.2) is 26.7 Å². The summed E-state index contributed by atoms with van der Waals surface area (Å²) in [6, 6.07) is 1.41. The molecule has 0 radical (unpaired) electrons. The molecular formula is C10H14N2O3S2. The first kappa shape index (κ1) is 11.5. The summed E-state index contributed by atoms with van der Waals surface area (Å²) in [5.41, 5.74) is 6.02. The lowest BCUT2D eigenvalue weighted by atomic mass is 9.96. The first-order chi connectivity index (χ1) is 8.04. The fraction of sp³-hybridized carbons (Fsp3) is 0.600. The molecule has 2 aliphatic heterocycles. The van der Waals surface area contributed by atoms with E-state index in [1.807, 2.05) is 0 Å². The van der Waals surface area contributed by atoms with Crippen molar-refractivity contribution < 1.29 is 13.2 Å². The first-order valence-corrected chi connectivity index (χ1v) is 7.93. The van der Waals surface area contributed by atoms with E-state index < -0.39 is 10.0 Å². The number of nitrogen functional groups attached to an aromatic ring is 1. The van der Waals surface area contributed by atoms with E-state index in [4.69, 9.17) is 10.5 Å². The van der Waals surface area contributed by atoms with Crippen LogP contribution >= 0.6 is 11.3 Å². The van der Waals surface area contributed by atoms with Gasteiger partial charge in [-0.3, -0.25) is 0 Å². The molecule has 7 heteroatoms. The molecule has 2 saturated heterocycles. The zero-order chi connectivity index (χ0) is 12.0. The average molecular weight is 274 g/mol. The molecule has 0 aromatic carbocycles. The van der Waals surface area contributed by atoms with Crippen LogP contribution in [0.25, 0.3) is 0 Å².